The number of nitriles is 2. The van der Waals surface area contributed by atoms with Crippen LogP contribution in [0.15, 0.2) is 54.6 Å². The molecule has 1 heterocycles. The molecule has 0 atom stereocenters. The van der Waals surface area contributed by atoms with Gasteiger partial charge in [-0.3, -0.25) is 0 Å². The van der Waals surface area contributed by atoms with Gasteiger partial charge in [-0.25, -0.2) is 0 Å². The molecule has 0 saturated heterocycles. The minimum Gasteiger partial charge on any atom is -0.493 e. The number of nitrogens with one attached hydrogen (secondary N) is 2. The highest BCUT2D eigenvalue weighted by Crippen LogP contribution is 2.45. The van der Waals surface area contributed by atoms with Crippen LogP contribution in [0.4, 0.5) is 17.5 Å². The molecule has 0 spiro atoms. The van der Waals surface area contributed by atoms with Crippen LogP contribution >= 0.6 is 0 Å². The number of anilines is 3. The quantitative estimate of drug-likeness (QED) is 0.312. The summed E-state index contributed by atoms with van der Waals surface area (Å²) in [5.74, 6) is 2.31. The maximum atomic E-state index is 9.29. The van der Waals surface area contributed by atoms with E-state index in [-0.39, 0.29) is 11.4 Å². The third-order valence-electron chi connectivity index (χ3n) is 5.25. The van der Waals surface area contributed by atoms with Crippen molar-refractivity contribution in [1.29, 1.82) is 10.5 Å². The van der Waals surface area contributed by atoms with Crippen LogP contribution in [0.1, 0.15) is 31.9 Å². The van der Waals surface area contributed by atoms with E-state index < -0.39 is 0 Å². The number of benzene rings is 3. The molecular weight excluding hydrogens is 468 g/mol. The van der Waals surface area contributed by atoms with E-state index in [0.29, 0.717) is 45.8 Å². The average Bonchev–Trinajstić information content (AvgIpc) is 2.87. The van der Waals surface area contributed by atoms with E-state index in [1.54, 1.807) is 55.6 Å². The number of hydrogen-bond donors (Lipinski definition) is 2. The molecule has 0 fully saturated rings. The van der Waals surface area contributed by atoms with Gasteiger partial charge < -0.3 is 24.8 Å². The third-order valence-corrected chi connectivity index (χ3v) is 5.25. The molecule has 4 rings (SSSR count). The van der Waals surface area contributed by atoms with E-state index >= 15 is 0 Å². The lowest BCUT2D eigenvalue weighted by Crippen LogP contribution is -2.26. The fraction of sp³-hybridized carbons (Fsp3) is 0.214. The van der Waals surface area contributed by atoms with Crippen molar-refractivity contribution in [2.24, 2.45) is 0 Å². The maximum absolute atomic E-state index is 9.29. The fourth-order valence-electron chi connectivity index (χ4n) is 3.69. The Bertz CT molecular complexity index is 1530. The van der Waals surface area contributed by atoms with Gasteiger partial charge in [0.25, 0.3) is 0 Å². The van der Waals surface area contributed by atoms with Crippen molar-refractivity contribution in [1.82, 2.24) is 9.97 Å². The van der Waals surface area contributed by atoms with Crippen LogP contribution in [0, 0.1) is 22.7 Å². The molecule has 186 valence electrons. The van der Waals surface area contributed by atoms with Gasteiger partial charge in [0.1, 0.15) is 5.82 Å². The van der Waals surface area contributed by atoms with Gasteiger partial charge in [-0.1, -0.05) is 0 Å². The Balaban J connectivity index is 1.79. The molecule has 4 aromatic rings. The second-order valence-electron chi connectivity index (χ2n) is 9.20. The van der Waals surface area contributed by atoms with E-state index in [1.165, 1.54) is 7.11 Å². The van der Waals surface area contributed by atoms with Crippen LogP contribution in [0.25, 0.3) is 10.8 Å². The van der Waals surface area contributed by atoms with Gasteiger partial charge in [0.2, 0.25) is 17.6 Å². The number of fused-ring (bicyclic) bond motifs is 1. The molecule has 0 unspecified atom stereocenters. The Hall–Kier alpha value is -5.02. The predicted molar refractivity (Wildman–Crippen MR) is 142 cm³/mol. The summed E-state index contributed by atoms with van der Waals surface area (Å²) in [6.45, 7) is 6.07. The molecule has 9 heteroatoms. The van der Waals surface area contributed by atoms with Crippen molar-refractivity contribution < 1.29 is 14.2 Å². The zero-order chi connectivity index (χ0) is 26.6. The van der Waals surface area contributed by atoms with Crippen LogP contribution in [0.5, 0.6) is 23.1 Å². The van der Waals surface area contributed by atoms with E-state index in [9.17, 15) is 5.26 Å². The Morgan fingerprint density at radius 1 is 0.811 bits per heavy atom. The third kappa shape index (κ3) is 5.80. The minimum absolute atomic E-state index is 0.252. The van der Waals surface area contributed by atoms with Crippen LogP contribution in [-0.2, 0) is 0 Å². The summed E-state index contributed by atoms with van der Waals surface area (Å²) in [6.07, 6.45) is 0. The van der Waals surface area contributed by atoms with Crippen LogP contribution in [0.2, 0.25) is 0 Å². The normalized spacial score (nSPS) is 10.8. The van der Waals surface area contributed by atoms with E-state index in [2.05, 4.69) is 32.7 Å². The smallest absolute Gasteiger partial charge is 0.232 e. The second kappa shape index (κ2) is 10.3. The number of aromatic nitrogens is 2. The van der Waals surface area contributed by atoms with Gasteiger partial charge in [0.05, 0.1) is 37.5 Å². The first-order valence-electron chi connectivity index (χ1n) is 11.4. The monoisotopic (exact) mass is 494 g/mol. The topological polar surface area (TPSA) is 125 Å². The Kier molecular flexibility index (Phi) is 6.99. The van der Waals surface area contributed by atoms with E-state index in [0.717, 1.165) is 10.8 Å². The van der Waals surface area contributed by atoms with E-state index in [4.69, 9.17) is 19.5 Å². The Morgan fingerprint density at radius 2 is 1.51 bits per heavy atom. The maximum Gasteiger partial charge on any atom is 0.232 e. The molecule has 0 aliphatic rings. The molecule has 0 radical (unpaired) electrons. The summed E-state index contributed by atoms with van der Waals surface area (Å²) < 4.78 is 17.6. The number of methoxy groups -OCH3 is 2. The zero-order valence-electron chi connectivity index (χ0n) is 21.2. The lowest BCUT2D eigenvalue weighted by Gasteiger charge is -2.22. The van der Waals surface area contributed by atoms with Gasteiger partial charge in [-0.2, -0.15) is 20.5 Å². The van der Waals surface area contributed by atoms with Gasteiger partial charge in [-0.05, 0) is 74.7 Å². The highest BCUT2D eigenvalue weighted by molar-refractivity contribution is 5.94. The molecule has 0 saturated carbocycles. The number of nitrogens with zero attached hydrogens (tertiary/aromatic N) is 4. The van der Waals surface area contributed by atoms with Crippen molar-refractivity contribution in [3.05, 3.63) is 65.7 Å². The molecule has 0 amide bonds. The summed E-state index contributed by atoms with van der Waals surface area (Å²) in [4.78, 5) is 9.13. The van der Waals surface area contributed by atoms with Gasteiger partial charge in [-0.15, -0.1) is 0 Å². The number of hydrogen-bond acceptors (Lipinski definition) is 9. The van der Waals surface area contributed by atoms with Crippen LogP contribution in [-0.4, -0.2) is 29.7 Å². The van der Waals surface area contributed by atoms with Crippen LogP contribution < -0.4 is 24.8 Å². The summed E-state index contributed by atoms with van der Waals surface area (Å²) in [7, 11) is 3.08. The fourth-order valence-corrected chi connectivity index (χ4v) is 3.69. The molecule has 3 aromatic carbocycles. The number of ether oxygens (including phenoxy) is 3. The molecule has 1 aromatic heterocycles. The Labute approximate surface area is 215 Å². The molecule has 9 nitrogen and oxygen atoms in total. The van der Waals surface area contributed by atoms with Crippen molar-refractivity contribution in [3.8, 4) is 35.3 Å². The van der Waals surface area contributed by atoms with Crippen molar-refractivity contribution in [2.75, 3.05) is 24.9 Å². The lowest BCUT2D eigenvalue weighted by molar-refractivity contribution is 0.345. The molecular formula is C28H26N6O3. The first-order valence-corrected chi connectivity index (χ1v) is 11.4. The molecule has 0 bridgehead atoms. The summed E-state index contributed by atoms with van der Waals surface area (Å²) in [5.41, 5.74) is 1.52. The predicted octanol–water partition coefficient (Wildman–Crippen LogP) is 6.14. The van der Waals surface area contributed by atoms with Crippen LogP contribution in [0.3, 0.4) is 0 Å². The lowest BCUT2D eigenvalue weighted by atomic mass is 10.1. The van der Waals surface area contributed by atoms with Gasteiger partial charge in [0, 0.05) is 22.7 Å². The van der Waals surface area contributed by atoms with Gasteiger partial charge >= 0.3 is 0 Å². The molecule has 0 aliphatic carbocycles. The standard InChI is InChI=1S/C28H26N6O3/c1-28(2,3)34-23-14-24(33-27(32-23)31-20-9-6-17(15-29)7-10-20)37-26-22(35-4)13-19-12-18(16-30)8-11-21(19)25(26)36-5/h6-14H,1-5H3,(H2,31,32,33,34). The van der Waals surface area contributed by atoms with Crippen molar-refractivity contribution in [3.63, 3.8) is 0 Å². The molecule has 2 N–H and O–H groups in total. The van der Waals surface area contributed by atoms with E-state index in [1.807, 2.05) is 26.8 Å². The van der Waals surface area contributed by atoms with Crippen molar-refractivity contribution >= 4 is 28.2 Å². The summed E-state index contributed by atoms with van der Waals surface area (Å²) >= 11 is 0. The van der Waals surface area contributed by atoms with Gasteiger partial charge in [0.15, 0.2) is 11.5 Å². The first kappa shape index (κ1) is 25.1. The molecule has 0 aliphatic heterocycles. The largest absolute Gasteiger partial charge is 0.493 e. The highest BCUT2D eigenvalue weighted by atomic mass is 16.5. The zero-order valence-corrected chi connectivity index (χ0v) is 21.2. The highest BCUT2D eigenvalue weighted by Gasteiger charge is 2.20. The number of rotatable bonds is 7. The summed E-state index contributed by atoms with van der Waals surface area (Å²) in [6, 6.07) is 20.0. The van der Waals surface area contributed by atoms with Crippen molar-refractivity contribution in [2.45, 2.75) is 26.3 Å². The Morgan fingerprint density at radius 3 is 2.14 bits per heavy atom. The SMILES string of the molecule is COc1cc2cc(C#N)ccc2c(OC)c1Oc1cc(NC(C)(C)C)nc(Nc2ccc(C#N)cc2)n1. The average molecular weight is 495 g/mol. The summed E-state index contributed by atoms with van der Waals surface area (Å²) in [5, 5.41) is 26.4. The molecule has 37 heavy (non-hydrogen) atoms. The second-order valence-corrected chi connectivity index (χ2v) is 9.20. The first-order chi connectivity index (χ1) is 17.7. The minimum atomic E-state index is -0.270.